The molecule has 0 spiro atoms. The summed E-state index contributed by atoms with van der Waals surface area (Å²) in [4.78, 5) is 13.4. The van der Waals surface area contributed by atoms with E-state index in [4.69, 9.17) is 9.47 Å². The first-order valence-electron chi connectivity index (χ1n) is 7.66. The fourth-order valence-electron chi connectivity index (χ4n) is 2.82. The standard InChI is InChI=1S/C17H26INO4/c1-12(2)10-17(23-11-22-5,19(13(3)4)16(20)21)14-8-6-7-9-15(14)18/h6-9,12-13H,10-11H2,1-5H3,(H,20,21)/t17-/m1/s1. The van der Waals surface area contributed by atoms with E-state index in [2.05, 4.69) is 36.4 Å². The maximum atomic E-state index is 12.0. The summed E-state index contributed by atoms with van der Waals surface area (Å²) in [5.74, 6) is 0.239. The summed E-state index contributed by atoms with van der Waals surface area (Å²) < 4.78 is 12.1. The van der Waals surface area contributed by atoms with Crippen LogP contribution in [0, 0.1) is 9.49 Å². The summed E-state index contributed by atoms with van der Waals surface area (Å²) in [6, 6.07) is 7.49. The molecule has 1 rings (SSSR count). The Kier molecular flexibility index (Phi) is 7.76. The van der Waals surface area contributed by atoms with Gasteiger partial charge < -0.3 is 14.6 Å². The molecule has 0 aromatic heterocycles. The second-order valence-corrected chi connectivity index (χ2v) is 7.32. The normalized spacial score (nSPS) is 14.1. The van der Waals surface area contributed by atoms with Crippen molar-refractivity contribution < 1.29 is 19.4 Å². The lowest BCUT2D eigenvalue weighted by atomic mass is 9.90. The van der Waals surface area contributed by atoms with Crippen LogP contribution in [0.4, 0.5) is 4.79 Å². The first kappa shape index (κ1) is 20.2. The van der Waals surface area contributed by atoms with Gasteiger partial charge in [-0.15, -0.1) is 0 Å². The minimum absolute atomic E-state index is 0.0220. The van der Waals surface area contributed by atoms with E-state index in [1.54, 1.807) is 0 Å². The lowest BCUT2D eigenvalue weighted by Crippen LogP contribution is -2.55. The lowest BCUT2D eigenvalue weighted by molar-refractivity contribution is -0.215. The van der Waals surface area contributed by atoms with E-state index < -0.39 is 11.8 Å². The Bertz CT molecular complexity index is 521. The second kappa shape index (κ2) is 8.84. The molecule has 0 saturated carbocycles. The summed E-state index contributed by atoms with van der Waals surface area (Å²) in [5, 5.41) is 9.85. The molecule has 6 heteroatoms. The van der Waals surface area contributed by atoms with Gasteiger partial charge in [0.05, 0.1) is 0 Å². The number of hydrogen-bond donors (Lipinski definition) is 1. The molecule has 1 amide bonds. The van der Waals surface area contributed by atoms with Gasteiger partial charge in [0.1, 0.15) is 6.79 Å². The Morgan fingerprint density at radius 3 is 2.35 bits per heavy atom. The molecule has 130 valence electrons. The highest BCUT2D eigenvalue weighted by atomic mass is 127. The molecule has 1 aromatic carbocycles. The molecule has 0 saturated heterocycles. The highest BCUT2D eigenvalue weighted by Gasteiger charge is 2.45. The minimum atomic E-state index is -1.08. The Balaban J connectivity index is 3.58. The zero-order valence-corrected chi connectivity index (χ0v) is 16.5. The van der Waals surface area contributed by atoms with Gasteiger partial charge >= 0.3 is 6.09 Å². The van der Waals surface area contributed by atoms with Crippen molar-refractivity contribution in [1.29, 1.82) is 0 Å². The topological polar surface area (TPSA) is 59.0 Å². The van der Waals surface area contributed by atoms with Crippen LogP contribution in [0.15, 0.2) is 24.3 Å². The SMILES string of the molecule is COCO[C@](CC(C)C)(c1ccccc1I)N(C(=O)O)C(C)C. The van der Waals surface area contributed by atoms with Crippen molar-refractivity contribution in [3.05, 3.63) is 33.4 Å². The molecule has 0 aliphatic rings. The van der Waals surface area contributed by atoms with Gasteiger partial charge in [0.2, 0.25) is 0 Å². The van der Waals surface area contributed by atoms with Gasteiger partial charge in [0.25, 0.3) is 0 Å². The predicted octanol–water partition coefficient (Wildman–Crippen LogP) is 4.50. The summed E-state index contributed by atoms with van der Waals surface area (Å²) in [7, 11) is 1.54. The van der Waals surface area contributed by atoms with Crippen molar-refractivity contribution in [2.45, 2.75) is 45.9 Å². The van der Waals surface area contributed by atoms with Gasteiger partial charge in [0.15, 0.2) is 5.72 Å². The number of carboxylic acid groups (broad SMARTS) is 1. The number of nitrogens with zero attached hydrogens (tertiary/aromatic N) is 1. The monoisotopic (exact) mass is 435 g/mol. The number of halogens is 1. The van der Waals surface area contributed by atoms with Gasteiger partial charge in [0, 0.05) is 28.7 Å². The van der Waals surface area contributed by atoms with Crippen LogP contribution in [0.3, 0.4) is 0 Å². The summed E-state index contributed by atoms with van der Waals surface area (Å²) in [6.45, 7) is 7.85. The van der Waals surface area contributed by atoms with E-state index in [1.807, 2.05) is 38.1 Å². The zero-order chi connectivity index (χ0) is 17.6. The van der Waals surface area contributed by atoms with Gasteiger partial charge in [-0.1, -0.05) is 32.0 Å². The van der Waals surface area contributed by atoms with Crippen LogP contribution in [0.25, 0.3) is 0 Å². The highest BCUT2D eigenvalue weighted by Crippen LogP contribution is 2.40. The average Bonchev–Trinajstić information content (AvgIpc) is 2.43. The van der Waals surface area contributed by atoms with Crippen LogP contribution in [0.2, 0.25) is 0 Å². The van der Waals surface area contributed by atoms with Crippen molar-refractivity contribution in [3.8, 4) is 0 Å². The van der Waals surface area contributed by atoms with E-state index >= 15 is 0 Å². The largest absolute Gasteiger partial charge is 0.465 e. The van der Waals surface area contributed by atoms with Gasteiger partial charge in [-0.3, -0.25) is 4.90 Å². The number of amides is 1. The quantitative estimate of drug-likeness (QED) is 0.483. The zero-order valence-electron chi connectivity index (χ0n) is 14.4. The van der Waals surface area contributed by atoms with Crippen LogP contribution in [0.1, 0.15) is 39.7 Å². The van der Waals surface area contributed by atoms with Crippen molar-refractivity contribution in [3.63, 3.8) is 0 Å². The number of benzene rings is 1. The molecule has 0 fully saturated rings. The van der Waals surface area contributed by atoms with Gasteiger partial charge in [-0.2, -0.15) is 0 Å². The van der Waals surface area contributed by atoms with E-state index in [9.17, 15) is 9.90 Å². The molecular weight excluding hydrogens is 409 g/mol. The minimum Gasteiger partial charge on any atom is -0.465 e. The molecule has 23 heavy (non-hydrogen) atoms. The van der Waals surface area contributed by atoms with Crippen LogP contribution >= 0.6 is 22.6 Å². The van der Waals surface area contributed by atoms with E-state index in [-0.39, 0.29) is 18.8 Å². The number of hydrogen-bond acceptors (Lipinski definition) is 3. The predicted molar refractivity (Wildman–Crippen MR) is 98.3 cm³/mol. The summed E-state index contributed by atoms with van der Waals surface area (Å²) in [6.07, 6.45) is -0.461. The molecule has 1 N–H and O–H groups in total. The Labute approximate surface area is 152 Å². The van der Waals surface area contributed by atoms with E-state index in [0.29, 0.717) is 6.42 Å². The third-order valence-corrected chi connectivity index (χ3v) is 4.45. The van der Waals surface area contributed by atoms with Crippen molar-refractivity contribution in [2.24, 2.45) is 5.92 Å². The first-order valence-corrected chi connectivity index (χ1v) is 8.74. The van der Waals surface area contributed by atoms with Crippen LogP contribution in [-0.4, -0.2) is 36.0 Å². The van der Waals surface area contributed by atoms with Crippen LogP contribution < -0.4 is 0 Å². The maximum absolute atomic E-state index is 12.0. The molecule has 0 heterocycles. The van der Waals surface area contributed by atoms with Crippen LogP contribution in [0.5, 0.6) is 0 Å². The second-order valence-electron chi connectivity index (χ2n) is 6.16. The molecule has 1 aromatic rings. The fourth-order valence-corrected chi connectivity index (χ4v) is 3.63. The Hall–Kier alpha value is -0.860. The van der Waals surface area contributed by atoms with Gasteiger partial charge in [-0.25, -0.2) is 4.79 Å². The van der Waals surface area contributed by atoms with Crippen molar-refractivity contribution >= 4 is 28.7 Å². The molecule has 0 aliphatic heterocycles. The molecule has 0 aliphatic carbocycles. The van der Waals surface area contributed by atoms with Gasteiger partial charge in [-0.05, 0) is 48.4 Å². The third kappa shape index (κ3) is 4.81. The first-order chi connectivity index (χ1) is 10.8. The smallest absolute Gasteiger partial charge is 0.410 e. The molecule has 0 unspecified atom stereocenters. The number of methoxy groups -OCH3 is 1. The lowest BCUT2D eigenvalue weighted by Gasteiger charge is -2.45. The Morgan fingerprint density at radius 1 is 1.30 bits per heavy atom. The molecule has 0 radical (unpaired) electrons. The molecular formula is C17H26INO4. The Morgan fingerprint density at radius 2 is 1.91 bits per heavy atom. The number of rotatable bonds is 8. The highest BCUT2D eigenvalue weighted by molar-refractivity contribution is 14.1. The third-order valence-electron chi connectivity index (χ3n) is 3.51. The molecule has 5 nitrogen and oxygen atoms in total. The molecule has 1 atom stereocenters. The van der Waals surface area contributed by atoms with Crippen molar-refractivity contribution in [2.75, 3.05) is 13.9 Å². The van der Waals surface area contributed by atoms with E-state index in [1.165, 1.54) is 12.0 Å². The van der Waals surface area contributed by atoms with E-state index in [0.717, 1.165) is 9.13 Å². The number of ether oxygens (including phenoxy) is 2. The van der Waals surface area contributed by atoms with Crippen molar-refractivity contribution in [1.82, 2.24) is 4.90 Å². The van der Waals surface area contributed by atoms with Crippen LogP contribution in [-0.2, 0) is 15.2 Å². The fraction of sp³-hybridized carbons (Fsp3) is 0.588. The number of carbonyl (C=O) groups is 1. The summed E-state index contributed by atoms with van der Waals surface area (Å²) >= 11 is 2.22. The molecule has 0 bridgehead atoms. The summed E-state index contributed by atoms with van der Waals surface area (Å²) in [5.41, 5.74) is -0.232. The average molecular weight is 435 g/mol. The maximum Gasteiger partial charge on any atom is 0.410 e.